The van der Waals surface area contributed by atoms with Crippen molar-refractivity contribution in [2.45, 2.75) is 5.16 Å². The smallest absolute Gasteiger partial charge is 0.255 e. The van der Waals surface area contributed by atoms with E-state index in [4.69, 9.17) is 11.6 Å². The Morgan fingerprint density at radius 2 is 2.05 bits per heavy atom. The molecule has 0 saturated heterocycles. The molecule has 0 N–H and O–H groups in total. The van der Waals surface area contributed by atoms with Gasteiger partial charge in [0.15, 0.2) is 10.9 Å². The highest BCUT2D eigenvalue weighted by molar-refractivity contribution is 7.99. The van der Waals surface area contributed by atoms with Gasteiger partial charge < -0.3 is 0 Å². The fraction of sp³-hybridized carbons (Fsp3) is 0.0769. The molecule has 3 aromatic rings. The number of hydrogen-bond acceptors (Lipinski definition) is 5. The van der Waals surface area contributed by atoms with Gasteiger partial charge in [-0.15, -0.1) is 10.2 Å². The van der Waals surface area contributed by atoms with Crippen molar-refractivity contribution in [1.29, 1.82) is 0 Å². The first kappa shape index (κ1) is 13.1. The van der Waals surface area contributed by atoms with Gasteiger partial charge in [-0.3, -0.25) is 9.20 Å². The zero-order valence-electron chi connectivity index (χ0n) is 10.2. The first-order chi connectivity index (χ1) is 9.74. The first-order valence-electron chi connectivity index (χ1n) is 5.81. The van der Waals surface area contributed by atoms with E-state index in [-0.39, 0.29) is 11.5 Å². The van der Waals surface area contributed by atoms with E-state index in [1.54, 1.807) is 40.9 Å². The lowest BCUT2D eigenvalue weighted by Gasteiger charge is -2.00. The number of hydrogen-bond donors (Lipinski definition) is 0. The zero-order chi connectivity index (χ0) is 13.9. The number of rotatable bonds is 4. The van der Waals surface area contributed by atoms with Crippen LogP contribution >= 0.6 is 23.4 Å². The summed E-state index contributed by atoms with van der Waals surface area (Å²) < 4.78 is 1.75. The SMILES string of the molecule is O=C(CSc1nnc2ncccn12)c1ccc(Cl)cc1. The molecule has 2 aromatic heterocycles. The predicted molar refractivity (Wildman–Crippen MR) is 77.3 cm³/mol. The lowest BCUT2D eigenvalue weighted by atomic mass is 10.1. The fourth-order valence-electron chi connectivity index (χ4n) is 1.67. The number of carbonyl (C=O) groups is 1. The molecule has 2 heterocycles. The minimum absolute atomic E-state index is 0.0207. The van der Waals surface area contributed by atoms with Crippen molar-refractivity contribution >= 4 is 34.9 Å². The van der Waals surface area contributed by atoms with Crippen LogP contribution in [0.4, 0.5) is 0 Å². The highest BCUT2D eigenvalue weighted by Crippen LogP contribution is 2.18. The summed E-state index contributed by atoms with van der Waals surface area (Å²) >= 11 is 7.13. The summed E-state index contributed by atoms with van der Waals surface area (Å²) in [6, 6.07) is 8.64. The molecular weight excluding hydrogens is 296 g/mol. The molecule has 0 aliphatic heterocycles. The van der Waals surface area contributed by atoms with Crippen molar-refractivity contribution < 1.29 is 4.79 Å². The van der Waals surface area contributed by atoms with E-state index in [1.165, 1.54) is 11.8 Å². The van der Waals surface area contributed by atoms with Gasteiger partial charge in [-0.25, -0.2) is 4.98 Å². The maximum Gasteiger partial charge on any atom is 0.255 e. The average Bonchev–Trinajstić information content (AvgIpc) is 2.89. The Morgan fingerprint density at radius 1 is 1.25 bits per heavy atom. The normalized spacial score (nSPS) is 10.8. The average molecular weight is 305 g/mol. The number of benzene rings is 1. The van der Waals surface area contributed by atoms with Crippen molar-refractivity contribution in [3.63, 3.8) is 0 Å². The zero-order valence-corrected chi connectivity index (χ0v) is 11.8. The van der Waals surface area contributed by atoms with Gasteiger partial charge in [-0.2, -0.15) is 0 Å². The number of aromatic nitrogens is 4. The Labute approximate surface area is 124 Å². The number of ketones is 1. The number of halogens is 1. The van der Waals surface area contributed by atoms with E-state index < -0.39 is 0 Å². The van der Waals surface area contributed by atoms with Crippen LogP contribution in [0.5, 0.6) is 0 Å². The van der Waals surface area contributed by atoms with Crippen molar-refractivity contribution in [2.75, 3.05) is 5.75 Å². The van der Waals surface area contributed by atoms with Gasteiger partial charge in [0.05, 0.1) is 5.75 Å². The second-order valence-electron chi connectivity index (χ2n) is 3.99. The molecule has 0 spiro atoms. The van der Waals surface area contributed by atoms with E-state index in [1.807, 2.05) is 6.20 Å². The molecule has 0 unspecified atom stereocenters. The molecular formula is C13H9ClN4OS. The number of fused-ring (bicyclic) bond motifs is 1. The van der Waals surface area contributed by atoms with Gasteiger partial charge in [-0.1, -0.05) is 23.4 Å². The molecule has 0 aliphatic rings. The molecule has 7 heteroatoms. The van der Waals surface area contributed by atoms with Crippen LogP contribution in [0.3, 0.4) is 0 Å². The molecule has 0 atom stereocenters. The van der Waals surface area contributed by atoms with E-state index in [2.05, 4.69) is 15.2 Å². The quantitative estimate of drug-likeness (QED) is 0.548. The van der Waals surface area contributed by atoms with E-state index in [0.29, 0.717) is 21.5 Å². The van der Waals surface area contributed by atoms with Crippen LogP contribution in [0.25, 0.3) is 5.78 Å². The summed E-state index contributed by atoms with van der Waals surface area (Å²) in [6.45, 7) is 0. The van der Waals surface area contributed by atoms with Crippen molar-refractivity contribution in [3.05, 3.63) is 53.3 Å². The molecule has 0 radical (unpaired) electrons. The van der Waals surface area contributed by atoms with E-state index in [9.17, 15) is 4.79 Å². The molecule has 20 heavy (non-hydrogen) atoms. The third-order valence-corrected chi connectivity index (χ3v) is 3.85. The molecule has 3 rings (SSSR count). The number of Topliss-reactive ketones (excluding diaryl/α,β-unsaturated/α-hetero) is 1. The van der Waals surface area contributed by atoms with Crippen LogP contribution in [0.2, 0.25) is 5.02 Å². The molecule has 5 nitrogen and oxygen atoms in total. The number of nitrogens with zero attached hydrogens (tertiary/aromatic N) is 4. The largest absolute Gasteiger partial charge is 0.293 e. The van der Waals surface area contributed by atoms with Crippen LogP contribution in [-0.4, -0.2) is 31.1 Å². The Balaban J connectivity index is 1.73. The van der Waals surface area contributed by atoms with Crippen molar-refractivity contribution in [2.24, 2.45) is 0 Å². The summed E-state index contributed by atoms with van der Waals surface area (Å²) in [5, 5.41) is 9.21. The van der Waals surface area contributed by atoms with Gasteiger partial charge in [0, 0.05) is 23.0 Å². The molecule has 0 saturated carbocycles. The van der Waals surface area contributed by atoms with Gasteiger partial charge in [0.25, 0.3) is 5.78 Å². The minimum atomic E-state index is 0.0207. The third-order valence-electron chi connectivity index (χ3n) is 2.66. The third kappa shape index (κ3) is 2.66. The minimum Gasteiger partial charge on any atom is -0.293 e. The summed E-state index contributed by atoms with van der Waals surface area (Å²) in [5.74, 6) is 0.832. The summed E-state index contributed by atoms with van der Waals surface area (Å²) in [5.41, 5.74) is 0.633. The lowest BCUT2D eigenvalue weighted by molar-refractivity contribution is 0.102. The summed E-state index contributed by atoms with van der Waals surface area (Å²) in [6.07, 6.45) is 3.47. The van der Waals surface area contributed by atoms with Crippen LogP contribution in [0.15, 0.2) is 47.9 Å². The molecule has 0 aliphatic carbocycles. The molecule has 100 valence electrons. The summed E-state index contributed by atoms with van der Waals surface area (Å²) in [4.78, 5) is 16.1. The lowest BCUT2D eigenvalue weighted by Crippen LogP contribution is -2.02. The summed E-state index contributed by atoms with van der Waals surface area (Å²) in [7, 11) is 0. The maximum atomic E-state index is 12.1. The predicted octanol–water partition coefficient (Wildman–Crippen LogP) is 2.75. The fourth-order valence-corrected chi connectivity index (χ4v) is 2.60. The maximum absolute atomic E-state index is 12.1. The van der Waals surface area contributed by atoms with Gasteiger partial charge in [-0.05, 0) is 30.3 Å². The molecule has 0 bridgehead atoms. The van der Waals surface area contributed by atoms with Gasteiger partial charge >= 0.3 is 0 Å². The molecule has 0 fully saturated rings. The Morgan fingerprint density at radius 3 is 2.85 bits per heavy atom. The monoisotopic (exact) mass is 304 g/mol. The van der Waals surface area contributed by atoms with Crippen LogP contribution in [0.1, 0.15) is 10.4 Å². The van der Waals surface area contributed by atoms with Crippen LogP contribution < -0.4 is 0 Å². The second-order valence-corrected chi connectivity index (χ2v) is 5.37. The van der Waals surface area contributed by atoms with Gasteiger partial charge in [0.1, 0.15) is 0 Å². The number of thioether (sulfide) groups is 1. The Hall–Kier alpha value is -1.92. The van der Waals surface area contributed by atoms with Crippen molar-refractivity contribution in [1.82, 2.24) is 19.6 Å². The Bertz CT molecular complexity index is 756. The van der Waals surface area contributed by atoms with Crippen LogP contribution in [-0.2, 0) is 0 Å². The topological polar surface area (TPSA) is 60.2 Å². The highest BCUT2D eigenvalue weighted by Gasteiger charge is 2.10. The highest BCUT2D eigenvalue weighted by atomic mass is 35.5. The molecule has 1 aromatic carbocycles. The second kappa shape index (κ2) is 5.60. The van der Waals surface area contributed by atoms with E-state index >= 15 is 0 Å². The molecule has 0 amide bonds. The van der Waals surface area contributed by atoms with Crippen LogP contribution in [0, 0.1) is 0 Å². The van der Waals surface area contributed by atoms with E-state index in [0.717, 1.165) is 0 Å². The standard InChI is InChI=1S/C13H9ClN4OS/c14-10-4-2-9(3-5-10)11(19)8-20-13-17-16-12-15-6-1-7-18(12)13/h1-7H,8H2. The number of carbonyl (C=O) groups excluding carboxylic acids is 1. The van der Waals surface area contributed by atoms with Crippen molar-refractivity contribution in [3.8, 4) is 0 Å². The first-order valence-corrected chi connectivity index (χ1v) is 7.18. The van der Waals surface area contributed by atoms with Gasteiger partial charge in [0.2, 0.25) is 0 Å². The Kier molecular flexibility index (Phi) is 3.66.